The van der Waals surface area contributed by atoms with Crippen LogP contribution in [0.2, 0.25) is 0 Å². The van der Waals surface area contributed by atoms with Crippen molar-refractivity contribution in [2.24, 2.45) is 0 Å². The topological polar surface area (TPSA) is 61.4 Å². The first-order valence-corrected chi connectivity index (χ1v) is 7.21. The summed E-state index contributed by atoms with van der Waals surface area (Å²) in [7, 11) is 0. The van der Waals surface area contributed by atoms with Crippen LogP contribution in [0.3, 0.4) is 0 Å². The largest absolute Gasteiger partial charge is 0.391 e. The molecular formula is C16H26N2O2. The highest BCUT2D eigenvalue weighted by Crippen LogP contribution is 2.21. The Bertz CT molecular complexity index is 404. The van der Waals surface area contributed by atoms with E-state index in [1.807, 2.05) is 25.1 Å². The molecule has 1 atom stereocenters. The van der Waals surface area contributed by atoms with E-state index >= 15 is 0 Å². The Kier molecular flexibility index (Phi) is 6.52. The molecule has 0 radical (unpaired) electrons. The molecule has 1 rings (SSSR count). The molecule has 1 unspecified atom stereocenters. The minimum Gasteiger partial charge on any atom is -0.391 e. The molecule has 1 aromatic rings. The standard InChI is InChI=1S/C16H26N2O2/c1-4-8-14(19)11-17-15(20)18-12-16(2,3)13-9-6-5-7-10-13/h5-7,9-10,14,19H,4,8,11-12H2,1-3H3,(H2,17,18,20). The van der Waals surface area contributed by atoms with Crippen LogP contribution in [0.4, 0.5) is 4.79 Å². The molecule has 0 heterocycles. The average Bonchev–Trinajstić information content (AvgIpc) is 2.44. The van der Waals surface area contributed by atoms with Gasteiger partial charge in [-0.2, -0.15) is 0 Å². The zero-order valence-electron chi connectivity index (χ0n) is 12.6. The smallest absolute Gasteiger partial charge is 0.314 e. The molecule has 0 spiro atoms. The van der Waals surface area contributed by atoms with Crippen molar-refractivity contribution in [1.82, 2.24) is 10.6 Å². The highest BCUT2D eigenvalue weighted by Gasteiger charge is 2.21. The lowest BCUT2D eigenvalue weighted by molar-refractivity contribution is 0.160. The van der Waals surface area contributed by atoms with Crippen molar-refractivity contribution in [3.05, 3.63) is 35.9 Å². The fourth-order valence-electron chi connectivity index (χ4n) is 2.00. The summed E-state index contributed by atoms with van der Waals surface area (Å²) in [5, 5.41) is 15.1. The molecular weight excluding hydrogens is 252 g/mol. The number of amides is 2. The van der Waals surface area contributed by atoms with Crippen LogP contribution in [-0.2, 0) is 5.41 Å². The van der Waals surface area contributed by atoms with Crippen LogP contribution in [0.5, 0.6) is 0 Å². The van der Waals surface area contributed by atoms with Crippen LogP contribution in [0.15, 0.2) is 30.3 Å². The van der Waals surface area contributed by atoms with Crippen LogP contribution >= 0.6 is 0 Å². The number of nitrogens with one attached hydrogen (secondary N) is 2. The van der Waals surface area contributed by atoms with Gasteiger partial charge in [0.05, 0.1) is 6.10 Å². The Hall–Kier alpha value is -1.55. The first kappa shape index (κ1) is 16.5. The predicted octanol–water partition coefficient (Wildman–Crippen LogP) is 2.42. The van der Waals surface area contributed by atoms with E-state index in [0.29, 0.717) is 19.5 Å². The molecule has 0 saturated carbocycles. The molecule has 0 bridgehead atoms. The lowest BCUT2D eigenvalue weighted by Crippen LogP contribution is -2.44. The van der Waals surface area contributed by atoms with Gasteiger partial charge in [0.1, 0.15) is 0 Å². The van der Waals surface area contributed by atoms with Gasteiger partial charge in [-0.15, -0.1) is 0 Å². The molecule has 4 heteroatoms. The lowest BCUT2D eigenvalue weighted by atomic mass is 9.85. The molecule has 0 aliphatic rings. The quantitative estimate of drug-likeness (QED) is 0.717. The van der Waals surface area contributed by atoms with Crippen molar-refractivity contribution in [3.63, 3.8) is 0 Å². The molecule has 0 fully saturated rings. The number of carbonyl (C=O) groups excluding carboxylic acids is 1. The summed E-state index contributed by atoms with van der Waals surface area (Å²) in [6.07, 6.45) is 1.15. The maximum Gasteiger partial charge on any atom is 0.314 e. The van der Waals surface area contributed by atoms with Gasteiger partial charge in [-0.05, 0) is 12.0 Å². The highest BCUT2D eigenvalue weighted by atomic mass is 16.3. The molecule has 112 valence electrons. The number of urea groups is 1. The Morgan fingerprint density at radius 2 is 1.90 bits per heavy atom. The number of hydrogen-bond donors (Lipinski definition) is 3. The van der Waals surface area contributed by atoms with Crippen molar-refractivity contribution in [2.45, 2.75) is 45.1 Å². The van der Waals surface area contributed by atoms with Gasteiger partial charge in [-0.1, -0.05) is 57.5 Å². The maximum atomic E-state index is 11.7. The van der Waals surface area contributed by atoms with Gasteiger partial charge in [0.2, 0.25) is 0 Å². The van der Waals surface area contributed by atoms with Crippen molar-refractivity contribution in [2.75, 3.05) is 13.1 Å². The van der Waals surface area contributed by atoms with Crippen molar-refractivity contribution in [3.8, 4) is 0 Å². The molecule has 20 heavy (non-hydrogen) atoms. The Balaban J connectivity index is 2.37. The van der Waals surface area contributed by atoms with Gasteiger partial charge in [0.15, 0.2) is 0 Å². The minimum atomic E-state index is -0.465. The van der Waals surface area contributed by atoms with E-state index in [4.69, 9.17) is 0 Å². The fourth-order valence-corrected chi connectivity index (χ4v) is 2.00. The number of hydrogen-bond acceptors (Lipinski definition) is 2. The summed E-state index contributed by atoms with van der Waals surface area (Å²) in [5.74, 6) is 0. The van der Waals surface area contributed by atoms with Crippen LogP contribution in [-0.4, -0.2) is 30.3 Å². The fraction of sp³-hybridized carbons (Fsp3) is 0.562. The van der Waals surface area contributed by atoms with Crippen LogP contribution in [0, 0.1) is 0 Å². The zero-order valence-corrected chi connectivity index (χ0v) is 12.6. The number of aliphatic hydroxyl groups is 1. The minimum absolute atomic E-state index is 0.124. The van der Waals surface area contributed by atoms with E-state index in [1.54, 1.807) is 0 Å². The summed E-state index contributed by atoms with van der Waals surface area (Å²) in [6.45, 7) is 7.03. The van der Waals surface area contributed by atoms with Crippen LogP contribution in [0.25, 0.3) is 0 Å². The first-order valence-electron chi connectivity index (χ1n) is 7.21. The van der Waals surface area contributed by atoms with Crippen molar-refractivity contribution >= 4 is 6.03 Å². The molecule has 2 amide bonds. The number of carbonyl (C=O) groups is 1. The summed E-state index contributed by atoms with van der Waals surface area (Å²) < 4.78 is 0. The highest BCUT2D eigenvalue weighted by molar-refractivity contribution is 5.74. The van der Waals surface area contributed by atoms with Gasteiger partial charge >= 0.3 is 6.03 Å². The zero-order chi connectivity index (χ0) is 15.0. The third-order valence-electron chi connectivity index (χ3n) is 3.37. The second-order valence-corrected chi connectivity index (χ2v) is 5.76. The Labute approximate surface area is 121 Å². The third kappa shape index (κ3) is 5.61. The van der Waals surface area contributed by atoms with E-state index in [-0.39, 0.29) is 11.4 Å². The normalized spacial score (nSPS) is 12.8. The summed E-state index contributed by atoms with van der Waals surface area (Å²) >= 11 is 0. The van der Waals surface area contributed by atoms with Gasteiger partial charge in [0.25, 0.3) is 0 Å². The molecule has 0 saturated heterocycles. The van der Waals surface area contributed by atoms with Gasteiger partial charge in [-0.3, -0.25) is 0 Å². The van der Waals surface area contributed by atoms with E-state index in [1.165, 1.54) is 5.56 Å². The summed E-state index contributed by atoms with van der Waals surface area (Å²) in [5.41, 5.74) is 1.06. The van der Waals surface area contributed by atoms with E-state index in [0.717, 1.165) is 6.42 Å². The van der Waals surface area contributed by atoms with E-state index in [2.05, 4.69) is 36.6 Å². The Morgan fingerprint density at radius 1 is 1.25 bits per heavy atom. The Morgan fingerprint density at radius 3 is 2.50 bits per heavy atom. The molecule has 4 nitrogen and oxygen atoms in total. The summed E-state index contributed by atoms with van der Waals surface area (Å²) in [6, 6.07) is 9.87. The second-order valence-electron chi connectivity index (χ2n) is 5.76. The predicted molar refractivity (Wildman–Crippen MR) is 81.8 cm³/mol. The number of aliphatic hydroxyl groups excluding tert-OH is 1. The lowest BCUT2D eigenvalue weighted by Gasteiger charge is -2.25. The molecule has 3 N–H and O–H groups in total. The number of benzene rings is 1. The SMILES string of the molecule is CCCC(O)CNC(=O)NCC(C)(C)c1ccccc1. The molecule has 0 aromatic heterocycles. The maximum absolute atomic E-state index is 11.7. The van der Waals surface area contributed by atoms with Crippen molar-refractivity contribution < 1.29 is 9.90 Å². The second kappa shape index (κ2) is 7.90. The van der Waals surface area contributed by atoms with E-state index in [9.17, 15) is 9.90 Å². The van der Waals surface area contributed by atoms with Gasteiger partial charge < -0.3 is 15.7 Å². The number of rotatable bonds is 7. The summed E-state index contributed by atoms with van der Waals surface area (Å²) in [4.78, 5) is 11.7. The van der Waals surface area contributed by atoms with Crippen LogP contribution in [0.1, 0.15) is 39.2 Å². The average molecular weight is 278 g/mol. The van der Waals surface area contributed by atoms with Crippen LogP contribution < -0.4 is 10.6 Å². The van der Waals surface area contributed by atoms with Gasteiger partial charge in [-0.25, -0.2) is 4.79 Å². The molecule has 1 aromatic carbocycles. The first-order chi connectivity index (χ1) is 9.45. The molecule has 0 aliphatic heterocycles. The molecule has 0 aliphatic carbocycles. The van der Waals surface area contributed by atoms with E-state index < -0.39 is 6.10 Å². The third-order valence-corrected chi connectivity index (χ3v) is 3.37. The monoisotopic (exact) mass is 278 g/mol. The van der Waals surface area contributed by atoms with Gasteiger partial charge in [0, 0.05) is 18.5 Å². The van der Waals surface area contributed by atoms with Crippen molar-refractivity contribution in [1.29, 1.82) is 0 Å².